The summed E-state index contributed by atoms with van der Waals surface area (Å²) in [5.41, 5.74) is 0.803. The Balaban J connectivity index is 1.66. The number of nitrogens with zero attached hydrogens (tertiary/aromatic N) is 3. The van der Waals surface area contributed by atoms with E-state index < -0.39 is 0 Å². The molecule has 0 radical (unpaired) electrons. The van der Waals surface area contributed by atoms with E-state index >= 15 is 0 Å². The van der Waals surface area contributed by atoms with Crippen LogP contribution in [-0.2, 0) is 16.0 Å². The van der Waals surface area contributed by atoms with Crippen LogP contribution in [0.1, 0.15) is 18.4 Å². The number of hydrogen-bond donors (Lipinski definition) is 1. The second-order valence-corrected chi connectivity index (χ2v) is 7.20. The summed E-state index contributed by atoms with van der Waals surface area (Å²) in [4.78, 5) is 26.2. The Kier molecular flexibility index (Phi) is 4.72. The Bertz CT molecular complexity index is 731. The van der Waals surface area contributed by atoms with Gasteiger partial charge in [-0.2, -0.15) is 0 Å². The van der Waals surface area contributed by atoms with Crippen LogP contribution in [0.2, 0.25) is 0 Å². The summed E-state index contributed by atoms with van der Waals surface area (Å²) in [6.45, 7) is 2.36. The van der Waals surface area contributed by atoms with Crippen molar-refractivity contribution in [3.8, 4) is 0 Å². The number of rotatable bonds is 4. The van der Waals surface area contributed by atoms with E-state index in [2.05, 4.69) is 31.4 Å². The van der Waals surface area contributed by atoms with Gasteiger partial charge in [0.2, 0.25) is 16.9 Å². The molecule has 0 aliphatic carbocycles. The molecule has 6 nitrogen and oxygen atoms in total. The molecule has 0 saturated carbocycles. The molecule has 2 aromatic rings. The first-order valence-corrected chi connectivity index (χ1v) is 8.87. The number of benzene rings is 1. The maximum atomic E-state index is 12.3. The Labute approximate surface area is 146 Å². The highest BCUT2D eigenvalue weighted by Gasteiger charge is 2.35. The van der Waals surface area contributed by atoms with Gasteiger partial charge in [0, 0.05) is 23.1 Å². The number of nitrogens with one attached hydrogen (secondary N) is 1. The molecule has 3 rings (SSSR count). The highest BCUT2D eigenvalue weighted by atomic mass is 79.9. The summed E-state index contributed by atoms with van der Waals surface area (Å²) in [6, 6.07) is 7.48. The molecule has 1 atom stereocenters. The molecule has 1 aromatic carbocycles. The largest absolute Gasteiger partial charge is 0.312 e. The zero-order valence-corrected chi connectivity index (χ0v) is 14.9. The fraction of sp³-hybridized carbons (Fsp3) is 0.333. The Hall–Kier alpha value is -1.80. The van der Waals surface area contributed by atoms with Crippen molar-refractivity contribution in [3.63, 3.8) is 0 Å². The van der Waals surface area contributed by atoms with Gasteiger partial charge in [0.1, 0.15) is 5.01 Å². The second kappa shape index (κ2) is 6.76. The highest BCUT2D eigenvalue weighted by Crippen LogP contribution is 2.27. The molecule has 0 unspecified atom stereocenters. The van der Waals surface area contributed by atoms with Gasteiger partial charge < -0.3 is 10.2 Å². The summed E-state index contributed by atoms with van der Waals surface area (Å²) in [5, 5.41) is 12.0. The highest BCUT2D eigenvalue weighted by molar-refractivity contribution is 9.10. The molecule has 1 N–H and O–H groups in total. The van der Waals surface area contributed by atoms with Crippen molar-refractivity contribution in [1.82, 2.24) is 10.2 Å². The number of anilines is 2. The Morgan fingerprint density at radius 2 is 2.13 bits per heavy atom. The summed E-state index contributed by atoms with van der Waals surface area (Å²) < 4.78 is 0.949. The molecule has 0 spiro atoms. The van der Waals surface area contributed by atoms with Gasteiger partial charge in [-0.25, -0.2) is 0 Å². The minimum Gasteiger partial charge on any atom is -0.312 e. The smallest absolute Gasteiger partial charge is 0.231 e. The first-order chi connectivity index (χ1) is 11.1. The minimum atomic E-state index is -0.375. The molecule has 1 aromatic heterocycles. The Morgan fingerprint density at radius 1 is 1.39 bits per heavy atom. The van der Waals surface area contributed by atoms with Crippen molar-refractivity contribution in [3.05, 3.63) is 33.7 Å². The molecule has 0 bridgehead atoms. The SMILES string of the molecule is CCc1nnc(NC(=O)[C@@H]2CC(=O)N(c3ccc(Br)cc3)C2)s1. The van der Waals surface area contributed by atoms with Gasteiger partial charge in [-0.3, -0.25) is 9.59 Å². The lowest BCUT2D eigenvalue weighted by Crippen LogP contribution is -2.28. The van der Waals surface area contributed by atoms with Gasteiger partial charge >= 0.3 is 0 Å². The molecule has 1 aliphatic heterocycles. The summed E-state index contributed by atoms with van der Waals surface area (Å²) in [7, 11) is 0. The van der Waals surface area contributed by atoms with Gasteiger partial charge in [0.25, 0.3) is 0 Å². The number of carbonyl (C=O) groups is 2. The third-order valence-corrected chi connectivity index (χ3v) is 5.15. The fourth-order valence-electron chi connectivity index (χ4n) is 2.41. The van der Waals surface area contributed by atoms with Gasteiger partial charge in [-0.05, 0) is 30.7 Å². The lowest BCUT2D eigenvalue weighted by atomic mass is 10.1. The first kappa shape index (κ1) is 16.1. The van der Waals surface area contributed by atoms with Gasteiger partial charge in [-0.15, -0.1) is 10.2 Å². The minimum absolute atomic E-state index is 0.0426. The van der Waals surface area contributed by atoms with E-state index in [-0.39, 0.29) is 24.2 Å². The van der Waals surface area contributed by atoms with E-state index in [0.717, 1.165) is 21.6 Å². The van der Waals surface area contributed by atoms with Crippen molar-refractivity contribution in [2.75, 3.05) is 16.8 Å². The van der Waals surface area contributed by atoms with Crippen molar-refractivity contribution < 1.29 is 9.59 Å². The summed E-state index contributed by atoms with van der Waals surface area (Å²) in [6.07, 6.45) is 0.994. The van der Waals surface area contributed by atoms with Crippen LogP contribution in [0.3, 0.4) is 0 Å². The second-order valence-electron chi connectivity index (χ2n) is 5.23. The van der Waals surface area contributed by atoms with E-state index in [1.807, 2.05) is 31.2 Å². The van der Waals surface area contributed by atoms with Crippen molar-refractivity contribution in [2.45, 2.75) is 19.8 Å². The predicted molar refractivity (Wildman–Crippen MR) is 92.5 cm³/mol. The van der Waals surface area contributed by atoms with Crippen molar-refractivity contribution in [2.24, 2.45) is 5.92 Å². The lowest BCUT2D eigenvalue weighted by Gasteiger charge is -2.16. The van der Waals surface area contributed by atoms with Gasteiger partial charge in [-0.1, -0.05) is 34.2 Å². The topological polar surface area (TPSA) is 75.2 Å². The van der Waals surface area contributed by atoms with Crippen molar-refractivity contribution >= 4 is 49.9 Å². The van der Waals surface area contributed by atoms with Crippen molar-refractivity contribution in [1.29, 1.82) is 0 Å². The fourth-order valence-corrected chi connectivity index (χ4v) is 3.36. The average Bonchev–Trinajstić information content (AvgIpc) is 3.15. The van der Waals surface area contributed by atoms with Crippen LogP contribution in [-0.4, -0.2) is 28.6 Å². The molecule has 2 heterocycles. The van der Waals surface area contributed by atoms with Gasteiger partial charge in [0.05, 0.1) is 5.92 Å². The third-order valence-electron chi connectivity index (χ3n) is 3.63. The number of aromatic nitrogens is 2. The van der Waals surface area contributed by atoms with E-state index in [9.17, 15) is 9.59 Å². The number of aryl methyl sites for hydroxylation is 1. The summed E-state index contributed by atoms with van der Waals surface area (Å²) >= 11 is 4.73. The maximum Gasteiger partial charge on any atom is 0.231 e. The van der Waals surface area contributed by atoms with Crippen LogP contribution in [0, 0.1) is 5.92 Å². The van der Waals surface area contributed by atoms with Crippen LogP contribution < -0.4 is 10.2 Å². The third kappa shape index (κ3) is 3.59. The maximum absolute atomic E-state index is 12.3. The number of halogens is 1. The molecule has 1 aliphatic rings. The van der Waals surface area contributed by atoms with E-state index in [1.54, 1.807) is 4.90 Å². The van der Waals surface area contributed by atoms with Crippen LogP contribution in [0.15, 0.2) is 28.7 Å². The van der Waals surface area contributed by atoms with Crippen LogP contribution in [0.5, 0.6) is 0 Å². The molecule has 1 saturated heterocycles. The van der Waals surface area contributed by atoms with Crippen LogP contribution in [0.4, 0.5) is 10.8 Å². The number of hydrogen-bond acceptors (Lipinski definition) is 5. The molecular weight excluding hydrogens is 380 g/mol. The average molecular weight is 395 g/mol. The standard InChI is InChI=1S/C15H15BrN4O2S/c1-2-12-18-19-15(23-12)17-14(22)9-7-13(21)20(8-9)11-5-3-10(16)4-6-11/h3-6,9H,2,7-8H2,1H3,(H,17,19,22)/t9-/m1/s1. The van der Waals surface area contributed by atoms with E-state index in [4.69, 9.17) is 0 Å². The predicted octanol–water partition coefficient (Wildman–Crippen LogP) is 2.85. The molecule has 120 valence electrons. The molecule has 2 amide bonds. The number of carbonyl (C=O) groups excluding carboxylic acids is 2. The molecule has 1 fully saturated rings. The van der Waals surface area contributed by atoms with Crippen LogP contribution in [0.25, 0.3) is 0 Å². The quantitative estimate of drug-likeness (QED) is 0.864. The zero-order valence-electron chi connectivity index (χ0n) is 12.5. The van der Waals surface area contributed by atoms with E-state index in [1.165, 1.54) is 11.3 Å². The molecule has 8 heteroatoms. The summed E-state index contributed by atoms with van der Waals surface area (Å²) in [5.74, 6) is -0.601. The molecule has 23 heavy (non-hydrogen) atoms. The Morgan fingerprint density at radius 3 is 2.78 bits per heavy atom. The normalized spacial score (nSPS) is 17.6. The lowest BCUT2D eigenvalue weighted by molar-refractivity contribution is -0.122. The van der Waals surface area contributed by atoms with Gasteiger partial charge in [0.15, 0.2) is 0 Å². The number of amides is 2. The zero-order chi connectivity index (χ0) is 16.4. The van der Waals surface area contributed by atoms with Crippen LogP contribution >= 0.6 is 27.3 Å². The van der Waals surface area contributed by atoms with E-state index in [0.29, 0.717) is 11.7 Å². The molecular formula is C15H15BrN4O2S. The first-order valence-electron chi connectivity index (χ1n) is 7.26. The monoisotopic (exact) mass is 394 g/mol.